The van der Waals surface area contributed by atoms with Crippen molar-refractivity contribution in [3.05, 3.63) is 53.6 Å². The number of ether oxygens (including phenoxy) is 2. The number of methoxy groups -OCH3 is 2. The van der Waals surface area contributed by atoms with Crippen LogP contribution in [0.1, 0.15) is 17.5 Å². The lowest BCUT2D eigenvalue weighted by molar-refractivity contribution is -0.116. The number of carbonyl (C=O) groups excluding carboxylic acids is 1. The molecule has 0 aliphatic carbocycles. The van der Waals surface area contributed by atoms with Gasteiger partial charge in [0, 0.05) is 31.4 Å². The first-order valence-corrected chi connectivity index (χ1v) is 9.35. The zero-order valence-electron chi connectivity index (χ0n) is 16.3. The highest BCUT2D eigenvalue weighted by Crippen LogP contribution is 2.31. The van der Waals surface area contributed by atoms with Crippen LogP contribution in [0.5, 0.6) is 17.2 Å². The molecule has 1 aliphatic heterocycles. The van der Waals surface area contributed by atoms with Gasteiger partial charge in [0.15, 0.2) is 11.5 Å². The van der Waals surface area contributed by atoms with Gasteiger partial charge in [-0.25, -0.2) is 0 Å². The van der Waals surface area contributed by atoms with Gasteiger partial charge in [0.2, 0.25) is 5.91 Å². The van der Waals surface area contributed by atoms with E-state index in [4.69, 9.17) is 9.47 Å². The van der Waals surface area contributed by atoms with Crippen molar-refractivity contribution in [2.24, 2.45) is 0 Å². The van der Waals surface area contributed by atoms with Crippen LogP contribution in [0.25, 0.3) is 6.08 Å². The summed E-state index contributed by atoms with van der Waals surface area (Å²) >= 11 is 0. The Morgan fingerprint density at radius 3 is 2.86 bits per heavy atom. The highest BCUT2D eigenvalue weighted by Gasteiger charge is 2.18. The zero-order valence-corrected chi connectivity index (χ0v) is 16.3. The number of fused-ring (bicyclic) bond motifs is 1. The lowest BCUT2D eigenvalue weighted by atomic mass is 10.1. The van der Waals surface area contributed by atoms with Crippen molar-refractivity contribution in [3.8, 4) is 17.2 Å². The summed E-state index contributed by atoms with van der Waals surface area (Å²) in [6.07, 6.45) is 5.08. The molecular weight excluding hydrogens is 356 g/mol. The first-order valence-electron chi connectivity index (χ1n) is 9.35. The third-order valence-corrected chi connectivity index (χ3v) is 4.81. The van der Waals surface area contributed by atoms with Crippen molar-refractivity contribution in [2.45, 2.75) is 12.8 Å². The largest absolute Gasteiger partial charge is 0.504 e. The number of carbonyl (C=O) groups is 1. The van der Waals surface area contributed by atoms with Gasteiger partial charge in [-0.1, -0.05) is 6.07 Å². The summed E-state index contributed by atoms with van der Waals surface area (Å²) in [5.41, 5.74) is 3.36. The average molecular weight is 382 g/mol. The molecule has 148 valence electrons. The third kappa shape index (κ3) is 4.76. The van der Waals surface area contributed by atoms with Gasteiger partial charge in [-0.3, -0.25) is 4.79 Å². The predicted molar refractivity (Wildman–Crippen MR) is 110 cm³/mol. The predicted octanol–water partition coefficient (Wildman–Crippen LogP) is 2.99. The Kier molecular flexibility index (Phi) is 6.42. The molecule has 0 spiro atoms. The second-order valence-electron chi connectivity index (χ2n) is 6.64. The molecule has 0 radical (unpaired) electrons. The van der Waals surface area contributed by atoms with Gasteiger partial charge in [-0.2, -0.15) is 0 Å². The fraction of sp³-hybridized carbons (Fsp3) is 0.318. The van der Waals surface area contributed by atoms with Crippen molar-refractivity contribution in [2.75, 3.05) is 38.8 Å². The molecule has 0 unspecified atom stereocenters. The van der Waals surface area contributed by atoms with Crippen LogP contribution in [-0.2, 0) is 11.2 Å². The van der Waals surface area contributed by atoms with E-state index in [1.165, 1.54) is 24.4 Å². The first-order chi connectivity index (χ1) is 13.6. The maximum absolute atomic E-state index is 12.0. The van der Waals surface area contributed by atoms with Crippen molar-refractivity contribution < 1.29 is 19.4 Å². The van der Waals surface area contributed by atoms with Gasteiger partial charge in [0.05, 0.1) is 14.2 Å². The molecule has 1 aliphatic rings. The van der Waals surface area contributed by atoms with Crippen LogP contribution >= 0.6 is 0 Å². The van der Waals surface area contributed by atoms with Crippen LogP contribution < -0.4 is 19.7 Å². The maximum Gasteiger partial charge on any atom is 0.244 e. The van der Waals surface area contributed by atoms with Gasteiger partial charge in [-0.15, -0.1) is 0 Å². The van der Waals surface area contributed by atoms with E-state index >= 15 is 0 Å². The smallest absolute Gasteiger partial charge is 0.244 e. The Labute approximate surface area is 165 Å². The van der Waals surface area contributed by atoms with E-state index in [0.717, 1.165) is 37.2 Å². The van der Waals surface area contributed by atoms with E-state index in [1.807, 2.05) is 6.07 Å². The number of benzene rings is 2. The molecule has 6 heteroatoms. The van der Waals surface area contributed by atoms with Crippen LogP contribution in [0.4, 0.5) is 5.69 Å². The second kappa shape index (κ2) is 9.17. The molecule has 2 aromatic carbocycles. The summed E-state index contributed by atoms with van der Waals surface area (Å²) in [5.74, 6) is 1.21. The third-order valence-electron chi connectivity index (χ3n) is 4.81. The maximum atomic E-state index is 12.0. The van der Waals surface area contributed by atoms with Gasteiger partial charge < -0.3 is 24.8 Å². The number of nitrogens with one attached hydrogen (secondary N) is 1. The first kappa shape index (κ1) is 19.6. The number of anilines is 1. The van der Waals surface area contributed by atoms with Crippen molar-refractivity contribution >= 4 is 17.7 Å². The van der Waals surface area contributed by atoms with E-state index in [1.54, 1.807) is 31.4 Å². The molecule has 0 aromatic heterocycles. The van der Waals surface area contributed by atoms with E-state index in [2.05, 4.69) is 22.3 Å². The van der Waals surface area contributed by atoms with Crippen LogP contribution in [0.2, 0.25) is 0 Å². The molecule has 28 heavy (non-hydrogen) atoms. The minimum Gasteiger partial charge on any atom is -0.504 e. The Morgan fingerprint density at radius 1 is 1.21 bits per heavy atom. The highest BCUT2D eigenvalue weighted by atomic mass is 16.5. The van der Waals surface area contributed by atoms with Crippen LogP contribution in [0.3, 0.4) is 0 Å². The van der Waals surface area contributed by atoms with Crippen LogP contribution in [-0.4, -0.2) is 44.9 Å². The molecule has 0 saturated carbocycles. The topological polar surface area (TPSA) is 71.0 Å². The molecule has 0 fully saturated rings. The number of nitrogens with zero attached hydrogens (tertiary/aromatic N) is 1. The fourth-order valence-electron chi connectivity index (χ4n) is 3.32. The minimum atomic E-state index is -0.140. The molecule has 0 saturated heterocycles. The number of phenols is 1. The Morgan fingerprint density at radius 2 is 2.07 bits per heavy atom. The molecule has 6 nitrogen and oxygen atoms in total. The van der Waals surface area contributed by atoms with Crippen molar-refractivity contribution in [1.29, 1.82) is 0 Å². The summed E-state index contributed by atoms with van der Waals surface area (Å²) in [7, 11) is 3.17. The van der Waals surface area contributed by atoms with Crippen molar-refractivity contribution in [3.63, 3.8) is 0 Å². The van der Waals surface area contributed by atoms with Crippen LogP contribution in [0.15, 0.2) is 42.5 Å². The van der Waals surface area contributed by atoms with Crippen LogP contribution in [0, 0.1) is 0 Å². The normalized spacial score (nSPS) is 12.9. The summed E-state index contributed by atoms with van der Waals surface area (Å²) in [6, 6.07) is 11.1. The van der Waals surface area contributed by atoms with E-state index in [-0.39, 0.29) is 11.7 Å². The Balaban J connectivity index is 1.43. The Hall–Kier alpha value is -3.15. The number of aromatic hydroxyl groups is 1. The summed E-state index contributed by atoms with van der Waals surface area (Å²) in [6.45, 7) is 2.52. The molecule has 0 bridgehead atoms. The molecule has 1 heterocycles. The Bertz CT molecular complexity index is 864. The van der Waals surface area contributed by atoms with Gasteiger partial charge in [-0.05, 0) is 60.4 Å². The average Bonchev–Trinajstić information content (AvgIpc) is 3.12. The molecule has 0 atom stereocenters. The molecule has 1 amide bonds. The highest BCUT2D eigenvalue weighted by molar-refractivity contribution is 5.91. The molecular formula is C22H26N2O4. The molecule has 3 rings (SSSR count). The number of rotatable bonds is 8. The number of hydrogen-bond acceptors (Lipinski definition) is 5. The molecule has 2 N–H and O–H groups in total. The summed E-state index contributed by atoms with van der Waals surface area (Å²) in [4.78, 5) is 14.3. The fourth-order valence-corrected chi connectivity index (χ4v) is 3.32. The van der Waals surface area contributed by atoms with E-state index < -0.39 is 0 Å². The van der Waals surface area contributed by atoms with Gasteiger partial charge >= 0.3 is 0 Å². The quantitative estimate of drug-likeness (QED) is 0.543. The monoisotopic (exact) mass is 382 g/mol. The number of amides is 1. The van der Waals surface area contributed by atoms with Gasteiger partial charge in [0.1, 0.15) is 5.75 Å². The summed E-state index contributed by atoms with van der Waals surface area (Å²) < 4.78 is 10.3. The zero-order chi connectivity index (χ0) is 19.9. The van der Waals surface area contributed by atoms with Gasteiger partial charge in [0.25, 0.3) is 0 Å². The number of phenolic OH excluding ortho intramolecular Hbond substituents is 1. The van der Waals surface area contributed by atoms with E-state index in [0.29, 0.717) is 12.3 Å². The minimum absolute atomic E-state index is 0.0750. The summed E-state index contributed by atoms with van der Waals surface area (Å²) in [5, 5.41) is 12.5. The molecule has 2 aromatic rings. The SMILES string of the molecule is COc1ccc2c(c1)CCN2CCCNC(=O)/C=C/c1ccc(O)c(OC)c1. The standard InChI is InChI=1S/C22H26N2O4/c1-27-18-6-7-19-17(15-18)10-13-24(19)12-3-11-23-22(26)9-5-16-4-8-20(25)21(14-16)28-2/h4-9,14-15,25H,3,10-13H2,1-2H3,(H,23,26)/b9-5+. The second-order valence-corrected chi connectivity index (χ2v) is 6.64. The number of hydrogen-bond donors (Lipinski definition) is 2. The van der Waals surface area contributed by atoms with E-state index in [9.17, 15) is 9.90 Å². The van der Waals surface area contributed by atoms with Crippen molar-refractivity contribution in [1.82, 2.24) is 5.32 Å². The lowest BCUT2D eigenvalue weighted by Crippen LogP contribution is -2.28. The lowest BCUT2D eigenvalue weighted by Gasteiger charge is -2.19.